The highest BCUT2D eigenvalue weighted by Gasteiger charge is 2.28. The standard InChI is InChI=1S/C6H10N2.C6H8N2.C6H11NO.C4H5N.C2H8N2.ClH/c2*1-2-5(1)6-7-3-4-8-6;1-2-8-6(7)5-3-4-5;5-3-4-1-2-4;3-1-2-4;/h5H,1-4H2,(H,7,8);3-5H,1-2H2,(H,7,8);5,7H,2-4H2,1H3;4H,1-2H2;1-4H2;1H. The van der Waals surface area contributed by atoms with Gasteiger partial charge in [0.2, 0.25) is 0 Å². The van der Waals surface area contributed by atoms with Crippen molar-refractivity contribution in [3.8, 4) is 6.07 Å². The molecule has 7 N–H and O–H groups in total. The van der Waals surface area contributed by atoms with Crippen molar-refractivity contribution in [2.24, 2.45) is 34.2 Å². The summed E-state index contributed by atoms with van der Waals surface area (Å²) in [6.07, 6.45) is 13.7. The lowest BCUT2D eigenvalue weighted by atomic mass is 10.4. The maximum atomic E-state index is 7.96. The number of H-pyrrole nitrogens is 1. The van der Waals surface area contributed by atoms with Gasteiger partial charge in [0.25, 0.3) is 0 Å². The first kappa shape index (κ1) is 29.9. The first-order valence-electron chi connectivity index (χ1n) is 12.4. The second-order valence-corrected chi connectivity index (χ2v) is 8.77. The minimum atomic E-state index is 0. The number of ether oxygens (including phenoxy) is 1. The van der Waals surface area contributed by atoms with E-state index in [2.05, 4.69) is 26.3 Å². The first-order valence-corrected chi connectivity index (χ1v) is 12.4. The number of nitrogens with one attached hydrogen (secondary N) is 3. The van der Waals surface area contributed by atoms with E-state index < -0.39 is 0 Å². The third-order valence-corrected chi connectivity index (χ3v) is 5.32. The molecular weight excluding hydrogens is 452 g/mol. The van der Waals surface area contributed by atoms with E-state index in [1.165, 1.54) is 50.2 Å². The number of hydrogen-bond acceptors (Lipinski definition) is 8. The Bertz CT molecular complexity index is 731. The van der Waals surface area contributed by atoms with Gasteiger partial charge >= 0.3 is 0 Å². The second-order valence-electron chi connectivity index (χ2n) is 8.77. The smallest absolute Gasteiger partial charge is 0.183 e. The highest BCUT2D eigenvalue weighted by Crippen LogP contribution is 2.37. The van der Waals surface area contributed by atoms with E-state index >= 15 is 0 Å². The van der Waals surface area contributed by atoms with Crippen LogP contribution in [0.3, 0.4) is 0 Å². The van der Waals surface area contributed by atoms with Gasteiger partial charge in [-0.25, -0.2) is 4.98 Å². The quantitative estimate of drug-likeness (QED) is 0.311. The Balaban J connectivity index is 0.000000216. The van der Waals surface area contributed by atoms with Gasteiger partial charge in [0.15, 0.2) is 5.90 Å². The lowest BCUT2D eigenvalue weighted by Crippen LogP contribution is -2.19. The first-order chi connectivity index (χ1) is 16.1. The Morgan fingerprint density at radius 3 is 2.09 bits per heavy atom. The molecule has 0 atom stereocenters. The van der Waals surface area contributed by atoms with E-state index in [4.69, 9.17) is 26.9 Å². The molecule has 192 valence electrons. The van der Waals surface area contributed by atoms with E-state index in [1.54, 1.807) is 0 Å². The molecule has 0 amide bonds. The summed E-state index contributed by atoms with van der Waals surface area (Å²) in [6, 6.07) is 2.14. The van der Waals surface area contributed by atoms with Gasteiger partial charge in [-0.15, -0.1) is 12.4 Å². The van der Waals surface area contributed by atoms with Crippen molar-refractivity contribution in [3.05, 3.63) is 18.2 Å². The molecule has 10 heteroatoms. The highest BCUT2D eigenvalue weighted by atomic mass is 35.5. The highest BCUT2D eigenvalue weighted by molar-refractivity contribution is 5.87. The number of nitriles is 1. The Labute approximate surface area is 210 Å². The van der Waals surface area contributed by atoms with Crippen LogP contribution in [0.1, 0.15) is 70.0 Å². The fraction of sp³-hybridized carbons (Fsp3) is 0.750. The number of halogens is 1. The molecule has 0 radical (unpaired) electrons. The van der Waals surface area contributed by atoms with Crippen LogP contribution in [-0.2, 0) is 4.74 Å². The van der Waals surface area contributed by atoms with Crippen LogP contribution in [-0.4, -0.2) is 54.5 Å². The van der Waals surface area contributed by atoms with Crippen molar-refractivity contribution in [2.75, 3.05) is 32.8 Å². The number of nitrogens with two attached hydrogens (primary N) is 2. The molecule has 34 heavy (non-hydrogen) atoms. The molecule has 1 aromatic rings. The number of imidazole rings is 1. The largest absolute Gasteiger partial charge is 0.481 e. The molecule has 0 spiro atoms. The van der Waals surface area contributed by atoms with Gasteiger partial charge in [0, 0.05) is 55.7 Å². The number of nitrogens with zero attached hydrogens (tertiary/aromatic N) is 3. The maximum Gasteiger partial charge on any atom is 0.183 e. The second kappa shape index (κ2) is 17.3. The van der Waals surface area contributed by atoms with E-state index in [-0.39, 0.29) is 12.4 Å². The zero-order valence-corrected chi connectivity index (χ0v) is 21.3. The molecular formula is C24H43ClN8O. The lowest BCUT2D eigenvalue weighted by Gasteiger charge is -1.99. The van der Waals surface area contributed by atoms with E-state index in [1.807, 2.05) is 19.3 Å². The molecule has 4 saturated carbocycles. The Morgan fingerprint density at radius 2 is 1.76 bits per heavy atom. The zero-order valence-electron chi connectivity index (χ0n) is 20.5. The average Bonchev–Trinajstić information content (AvgIpc) is 3.68. The van der Waals surface area contributed by atoms with Crippen molar-refractivity contribution in [1.29, 1.82) is 10.7 Å². The fourth-order valence-corrected chi connectivity index (χ4v) is 2.74. The summed E-state index contributed by atoms with van der Waals surface area (Å²) < 4.78 is 4.95. The molecule has 0 bridgehead atoms. The van der Waals surface area contributed by atoms with Gasteiger partial charge in [-0.05, 0) is 58.3 Å². The third-order valence-electron chi connectivity index (χ3n) is 5.32. The third kappa shape index (κ3) is 14.2. The molecule has 1 aliphatic heterocycles. The number of aromatic amines is 1. The van der Waals surface area contributed by atoms with Crippen LogP contribution < -0.4 is 16.8 Å². The van der Waals surface area contributed by atoms with E-state index in [0.717, 1.165) is 37.8 Å². The monoisotopic (exact) mass is 494 g/mol. The lowest BCUT2D eigenvalue weighted by molar-refractivity contribution is 0.311. The Hall–Kier alpha value is -2.15. The molecule has 2 heterocycles. The molecule has 0 saturated heterocycles. The van der Waals surface area contributed by atoms with Gasteiger partial charge in [-0.3, -0.25) is 10.4 Å². The molecule has 4 aliphatic carbocycles. The number of amidine groups is 1. The van der Waals surface area contributed by atoms with Crippen LogP contribution in [0.25, 0.3) is 0 Å². The molecule has 5 aliphatic rings. The van der Waals surface area contributed by atoms with Gasteiger partial charge < -0.3 is 26.5 Å². The van der Waals surface area contributed by atoms with Crippen molar-refractivity contribution < 1.29 is 4.74 Å². The normalized spacial score (nSPS) is 19.2. The summed E-state index contributed by atoms with van der Waals surface area (Å²) in [4.78, 5) is 11.5. The summed E-state index contributed by atoms with van der Waals surface area (Å²) in [5.74, 6) is 5.47. The van der Waals surface area contributed by atoms with Crippen molar-refractivity contribution in [1.82, 2.24) is 15.3 Å². The number of aliphatic imine (C=N–C) groups is 1. The van der Waals surface area contributed by atoms with Crippen LogP contribution >= 0.6 is 12.4 Å². The van der Waals surface area contributed by atoms with Crippen LogP contribution in [0, 0.1) is 34.5 Å². The van der Waals surface area contributed by atoms with Gasteiger partial charge in [-0.1, -0.05) is 0 Å². The number of aromatic nitrogens is 2. The maximum absolute atomic E-state index is 7.96. The summed E-state index contributed by atoms with van der Waals surface area (Å²) in [7, 11) is 0. The number of hydrogen-bond donors (Lipinski definition) is 5. The van der Waals surface area contributed by atoms with Crippen molar-refractivity contribution in [2.45, 2.75) is 64.2 Å². The van der Waals surface area contributed by atoms with E-state index in [0.29, 0.717) is 37.4 Å². The molecule has 4 fully saturated rings. The Kier molecular flexibility index (Phi) is 15.2. The van der Waals surface area contributed by atoms with E-state index in [9.17, 15) is 0 Å². The number of rotatable bonds is 5. The van der Waals surface area contributed by atoms with Crippen molar-refractivity contribution >= 4 is 24.1 Å². The molecule has 1 aromatic heterocycles. The van der Waals surface area contributed by atoms with Gasteiger partial charge in [-0.2, -0.15) is 5.26 Å². The summed E-state index contributed by atoms with van der Waals surface area (Å²) in [5, 5.41) is 18.4. The minimum absolute atomic E-state index is 0. The van der Waals surface area contributed by atoms with Crippen LogP contribution in [0.5, 0.6) is 0 Å². The molecule has 0 aromatic carbocycles. The minimum Gasteiger partial charge on any atom is -0.481 e. The summed E-state index contributed by atoms with van der Waals surface area (Å²) in [5.41, 5.74) is 9.81. The Morgan fingerprint density at radius 1 is 1.12 bits per heavy atom. The average molecular weight is 495 g/mol. The molecule has 0 unspecified atom stereocenters. The topological polar surface area (TPSA) is 162 Å². The molecule has 6 rings (SSSR count). The summed E-state index contributed by atoms with van der Waals surface area (Å²) >= 11 is 0. The summed E-state index contributed by atoms with van der Waals surface area (Å²) in [6.45, 7) is 5.84. The van der Waals surface area contributed by atoms with Crippen LogP contribution in [0.15, 0.2) is 17.4 Å². The fourth-order valence-electron chi connectivity index (χ4n) is 2.74. The van der Waals surface area contributed by atoms with Crippen molar-refractivity contribution in [3.63, 3.8) is 0 Å². The van der Waals surface area contributed by atoms with Gasteiger partial charge in [0.05, 0.1) is 25.1 Å². The van der Waals surface area contributed by atoms with Gasteiger partial charge in [0.1, 0.15) is 5.82 Å². The predicted molar refractivity (Wildman–Crippen MR) is 139 cm³/mol. The molecule has 9 nitrogen and oxygen atoms in total. The predicted octanol–water partition coefficient (Wildman–Crippen LogP) is 3.34. The SMILES string of the molecule is C1CNC(C2CC2)=N1.CCOC(=N)C1CC1.Cl.N#CC1CC1.NCCN.c1c[nH]c(C2CC2)n1. The van der Waals surface area contributed by atoms with Crippen LogP contribution in [0.2, 0.25) is 0 Å². The zero-order chi connectivity index (χ0) is 23.9. The van der Waals surface area contributed by atoms with Crippen LogP contribution in [0.4, 0.5) is 0 Å².